The van der Waals surface area contributed by atoms with E-state index in [1.807, 2.05) is 31.2 Å². The lowest BCUT2D eigenvalue weighted by molar-refractivity contribution is -0.000388. The molecule has 3 rings (SSSR count). The lowest BCUT2D eigenvalue weighted by Gasteiger charge is -2.32. The van der Waals surface area contributed by atoms with Gasteiger partial charge in [-0.25, -0.2) is 4.98 Å². The van der Waals surface area contributed by atoms with Gasteiger partial charge in [-0.05, 0) is 63.6 Å². The van der Waals surface area contributed by atoms with Crippen molar-refractivity contribution in [3.05, 3.63) is 75.7 Å². The lowest BCUT2D eigenvalue weighted by atomic mass is 9.91. The first-order valence-corrected chi connectivity index (χ1v) is 10.6. The second kappa shape index (κ2) is 8.88. The van der Waals surface area contributed by atoms with Crippen molar-refractivity contribution < 1.29 is 14.6 Å². The van der Waals surface area contributed by atoms with E-state index in [1.54, 1.807) is 50.1 Å². The molecule has 1 aromatic carbocycles. The van der Waals surface area contributed by atoms with Crippen LogP contribution in [-0.2, 0) is 15.0 Å². The Bertz CT molecular complexity index is 1020. The lowest BCUT2D eigenvalue weighted by Crippen LogP contribution is -2.39. The van der Waals surface area contributed by atoms with E-state index in [4.69, 9.17) is 21.1 Å². The Hall–Kier alpha value is -2.22. The summed E-state index contributed by atoms with van der Waals surface area (Å²) >= 11 is 7.23. The van der Waals surface area contributed by atoms with Crippen LogP contribution in [0.1, 0.15) is 27.2 Å². The highest BCUT2D eigenvalue weighted by Crippen LogP contribution is 2.33. The summed E-state index contributed by atoms with van der Waals surface area (Å²) in [6.07, 6.45) is 7.56. The molecule has 2 aromatic rings. The minimum Gasteiger partial charge on any atom is -0.493 e. The minimum atomic E-state index is -0.962. The summed E-state index contributed by atoms with van der Waals surface area (Å²) in [5.74, 6) is 1.07. The summed E-state index contributed by atoms with van der Waals surface area (Å²) in [4.78, 5) is 18.3. The van der Waals surface area contributed by atoms with Gasteiger partial charge in [0.25, 0.3) is 5.56 Å². The van der Waals surface area contributed by atoms with E-state index >= 15 is 0 Å². The van der Waals surface area contributed by atoms with Gasteiger partial charge in [-0.3, -0.25) is 4.79 Å². The van der Waals surface area contributed by atoms with E-state index in [1.165, 1.54) is 11.8 Å². The number of methoxy groups -OCH3 is 1. The zero-order valence-corrected chi connectivity index (χ0v) is 19.0. The van der Waals surface area contributed by atoms with Crippen molar-refractivity contribution in [2.75, 3.05) is 13.7 Å². The molecular weight excluding hydrogens is 424 g/mol. The Labute approximate surface area is 185 Å². The van der Waals surface area contributed by atoms with Gasteiger partial charge in [-0.15, -0.1) is 0 Å². The number of ether oxygens (including phenoxy) is 2. The van der Waals surface area contributed by atoms with Gasteiger partial charge in [0.2, 0.25) is 0 Å². The fourth-order valence-electron chi connectivity index (χ4n) is 3.00. The summed E-state index contributed by atoms with van der Waals surface area (Å²) in [7, 11) is 1.55. The maximum atomic E-state index is 13.2. The maximum absolute atomic E-state index is 13.2. The summed E-state index contributed by atoms with van der Waals surface area (Å²) in [6, 6.07) is 7.26. The molecule has 0 fully saturated rings. The quantitative estimate of drug-likeness (QED) is 0.678. The molecule has 6 nitrogen and oxygen atoms in total. The van der Waals surface area contributed by atoms with Crippen molar-refractivity contribution >= 4 is 23.4 Å². The van der Waals surface area contributed by atoms with Crippen LogP contribution in [0.4, 0.5) is 0 Å². The van der Waals surface area contributed by atoms with Gasteiger partial charge in [0.15, 0.2) is 16.5 Å². The van der Waals surface area contributed by atoms with Crippen LogP contribution in [0.3, 0.4) is 0 Å². The Morgan fingerprint density at radius 1 is 1.30 bits per heavy atom. The number of rotatable bonds is 7. The molecule has 0 saturated carbocycles. The molecule has 0 amide bonds. The zero-order chi connectivity index (χ0) is 21.9. The van der Waals surface area contributed by atoms with Crippen LogP contribution < -0.4 is 5.56 Å². The normalized spacial score (nSPS) is 19.1. The molecule has 0 spiro atoms. The van der Waals surface area contributed by atoms with Crippen molar-refractivity contribution in [1.82, 2.24) is 9.55 Å². The van der Waals surface area contributed by atoms with E-state index in [0.29, 0.717) is 28.0 Å². The van der Waals surface area contributed by atoms with E-state index < -0.39 is 11.1 Å². The number of aromatic nitrogens is 2. The molecule has 1 heterocycles. The van der Waals surface area contributed by atoms with Crippen molar-refractivity contribution in [1.29, 1.82) is 0 Å². The fraction of sp³-hybridized carbons (Fsp3) is 0.364. The number of allylic oxidation sites excluding steroid dienone is 2. The highest BCUT2D eigenvalue weighted by Gasteiger charge is 2.32. The van der Waals surface area contributed by atoms with Crippen LogP contribution in [-0.4, -0.2) is 34.0 Å². The molecular formula is C22H25ClN2O4S. The topological polar surface area (TPSA) is 73.6 Å². The first-order valence-electron chi connectivity index (χ1n) is 9.45. The van der Waals surface area contributed by atoms with Gasteiger partial charge < -0.3 is 19.1 Å². The van der Waals surface area contributed by atoms with Crippen molar-refractivity contribution in [3.8, 4) is 0 Å². The molecule has 8 heteroatoms. The molecule has 1 aliphatic carbocycles. The predicted molar refractivity (Wildman–Crippen MR) is 118 cm³/mol. The first kappa shape index (κ1) is 22.5. The van der Waals surface area contributed by atoms with Crippen molar-refractivity contribution in [2.45, 2.75) is 48.3 Å². The Morgan fingerprint density at radius 3 is 2.63 bits per heavy atom. The van der Waals surface area contributed by atoms with Crippen LogP contribution in [0.15, 0.2) is 75.0 Å². The van der Waals surface area contributed by atoms with Crippen LogP contribution in [0.5, 0.6) is 0 Å². The van der Waals surface area contributed by atoms with E-state index in [2.05, 4.69) is 4.98 Å². The Kier molecular flexibility index (Phi) is 6.65. The van der Waals surface area contributed by atoms with Crippen LogP contribution >= 0.6 is 23.4 Å². The van der Waals surface area contributed by atoms with Crippen molar-refractivity contribution in [2.24, 2.45) is 0 Å². The smallest absolute Gasteiger partial charge is 0.284 e. The number of hydrogen-bond donors (Lipinski definition) is 1. The summed E-state index contributed by atoms with van der Waals surface area (Å²) in [5.41, 5.74) is -1.81. The van der Waals surface area contributed by atoms with Gasteiger partial charge in [0.1, 0.15) is 6.61 Å². The summed E-state index contributed by atoms with van der Waals surface area (Å²) < 4.78 is 12.9. The Balaban J connectivity index is 1.88. The highest BCUT2D eigenvalue weighted by molar-refractivity contribution is 7.99. The standard InChI is InChI=1S/C22H25ClN2O4S/c1-21(2,27)14-29-17-9-10-22(3,13-18(17)28-4)25-12-11-24-19(20(25)26)30-16-7-5-15(23)6-8-16/h5-9,11-13,27H,10,14H2,1-4H3. The molecule has 0 saturated heterocycles. The zero-order valence-electron chi connectivity index (χ0n) is 17.4. The van der Waals surface area contributed by atoms with Gasteiger partial charge in [0, 0.05) is 22.3 Å². The molecule has 1 N–H and O–H groups in total. The average Bonchev–Trinajstić information content (AvgIpc) is 2.69. The molecule has 1 aliphatic rings. The monoisotopic (exact) mass is 448 g/mol. The average molecular weight is 449 g/mol. The van der Waals surface area contributed by atoms with E-state index in [0.717, 1.165) is 4.90 Å². The van der Waals surface area contributed by atoms with Gasteiger partial charge in [0.05, 0.1) is 18.2 Å². The van der Waals surface area contributed by atoms with Crippen LogP contribution in [0.25, 0.3) is 0 Å². The van der Waals surface area contributed by atoms with Crippen LogP contribution in [0, 0.1) is 0 Å². The molecule has 1 unspecified atom stereocenters. The molecule has 0 radical (unpaired) electrons. The number of halogens is 1. The third kappa shape index (κ3) is 5.28. The molecule has 1 aromatic heterocycles. The second-order valence-corrected chi connectivity index (χ2v) is 9.41. The van der Waals surface area contributed by atoms with Gasteiger partial charge in [-0.2, -0.15) is 0 Å². The molecule has 0 bridgehead atoms. The predicted octanol–water partition coefficient (Wildman–Crippen LogP) is 4.37. The second-order valence-electron chi connectivity index (χ2n) is 7.91. The number of benzene rings is 1. The third-order valence-electron chi connectivity index (χ3n) is 4.57. The number of aliphatic hydroxyl groups is 1. The third-order valence-corrected chi connectivity index (χ3v) is 5.81. The number of nitrogens with zero attached hydrogens (tertiary/aromatic N) is 2. The number of hydrogen-bond acceptors (Lipinski definition) is 6. The maximum Gasteiger partial charge on any atom is 0.284 e. The molecule has 30 heavy (non-hydrogen) atoms. The first-order chi connectivity index (χ1) is 14.1. The van der Waals surface area contributed by atoms with E-state index in [-0.39, 0.29) is 12.2 Å². The van der Waals surface area contributed by atoms with Crippen molar-refractivity contribution in [3.63, 3.8) is 0 Å². The largest absolute Gasteiger partial charge is 0.493 e. The molecule has 0 aliphatic heterocycles. The fourth-order valence-corrected chi connectivity index (χ4v) is 3.93. The highest BCUT2D eigenvalue weighted by atomic mass is 35.5. The van der Waals surface area contributed by atoms with Crippen LogP contribution in [0.2, 0.25) is 5.02 Å². The molecule has 1 atom stereocenters. The SMILES string of the molecule is COC1=CC(C)(n2ccnc(Sc3ccc(Cl)cc3)c2=O)CC=C1OCC(C)(C)O. The molecule has 160 valence electrons. The van der Waals surface area contributed by atoms with Gasteiger partial charge >= 0.3 is 0 Å². The Morgan fingerprint density at radius 2 is 2.00 bits per heavy atom. The summed E-state index contributed by atoms with van der Waals surface area (Å²) in [6.45, 7) is 5.43. The van der Waals surface area contributed by atoms with E-state index in [9.17, 15) is 9.90 Å². The minimum absolute atomic E-state index is 0.132. The van der Waals surface area contributed by atoms with Gasteiger partial charge in [-0.1, -0.05) is 23.4 Å². The summed E-state index contributed by atoms with van der Waals surface area (Å²) in [5, 5.41) is 10.9.